The minimum absolute atomic E-state index is 0.191. The number of hydrogen-bond acceptors (Lipinski definition) is 4. The van der Waals surface area contributed by atoms with Crippen LogP contribution in [0.25, 0.3) is 0 Å². The topological polar surface area (TPSA) is 63.2 Å². The van der Waals surface area contributed by atoms with Gasteiger partial charge in [-0.15, -0.1) is 0 Å². The Balaban J connectivity index is 2.04. The van der Waals surface area contributed by atoms with Crippen LogP contribution in [0.5, 0.6) is 5.75 Å². The Hall–Kier alpha value is -2.56. The van der Waals surface area contributed by atoms with E-state index in [-0.39, 0.29) is 5.91 Å². The zero-order valence-electron chi connectivity index (χ0n) is 13.8. The van der Waals surface area contributed by atoms with Gasteiger partial charge in [-0.2, -0.15) is 0 Å². The predicted molar refractivity (Wildman–Crippen MR) is 93.1 cm³/mol. The Morgan fingerprint density at radius 1 is 1.26 bits per heavy atom. The number of carbonyl (C=O) groups is 1. The fourth-order valence-electron chi connectivity index (χ4n) is 2.10. The number of methoxy groups -OCH3 is 1. The van der Waals surface area contributed by atoms with E-state index in [1.54, 1.807) is 37.6 Å². The molecule has 2 aromatic rings. The van der Waals surface area contributed by atoms with Gasteiger partial charge in [-0.3, -0.25) is 4.79 Å². The van der Waals surface area contributed by atoms with Crippen molar-refractivity contribution in [2.75, 3.05) is 24.3 Å². The van der Waals surface area contributed by atoms with Crippen molar-refractivity contribution in [1.29, 1.82) is 0 Å². The van der Waals surface area contributed by atoms with Crippen LogP contribution in [0.1, 0.15) is 30.6 Å². The van der Waals surface area contributed by atoms with Crippen LogP contribution in [0.15, 0.2) is 42.6 Å². The Kier molecular flexibility index (Phi) is 5.97. The SMILES string of the molecule is COc1ccccc1NC(=O)c1ccnc(NCCC(C)C)c1. The monoisotopic (exact) mass is 313 g/mol. The molecule has 0 atom stereocenters. The number of para-hydroxylation sites is 2. The number of anilines is 2. The molecule has 122 valence electrons. The van der Waals surface area contributed by atoms with Crippen molar-refractivity contribution in [3.8, 4) is 5.75 Å². The van der Waals surface area contributed by atoms with Gasteiger partial charge in [0.25, 0.3) is 5.91 Å². The molecule has 5 nitrogen and oxygen atoms in total. The first-order valence-corrected chi connectivity index (χ1v) is 7.74. The van der Waals surface area contributed by atoms with Gasteiger partial charge in [-0.05, 0) is 36.6 Å². The molecule has 0 aliphatic rings. The van der Waals surface area contributed by atoms with Gasteiger partial charge in [0.05, 0.1) is 12.8 Å². The Labute approximate surface area is 137 Å². The Bertz CT molecular complexity index is 656. The van der Waals surface area contributed by atoms with Crippen LogP contribution in [0.3, 0.4) is 0 Å². The maximum absolute atomic E-state index is 12.4. The molecule has 0 spiro atoms. The summed E-state index contributed by atoms with van der Waals surface area (Å²) in [6, 6.07) is 10.8. The van der Waals surface area contributed by atoms with Crippen LogP contribution in [0.4, 0.5) is 11.5 Å². The summed E-state index contributed by atoms with van der Waals surface area (Å²) in [6.45, 7) is 5.18. The number of ether oxygens (including phenoxy) is 1. The third-order valence-electron chi connectivity index (χ3n) is 3.41. The lowest BCUT2D eigenvalue weighted by molar-refractivity contribution is 0.102. The van der Waals surface area contributed by atoms with Gasteiger partial charge in [0.1, 0.15) is 11.6 Å². The van der Waals surface area contributed by atoms with Crippen molar-refractivity contribution >= 4 is 17.4 Å². The highest BCUT2D eigenvalue weighted by atomic mass is 16.5. The van der Waals surface area contributed by atoms with Gasteiger partial charge < -0.3 is 15.4 Å². The highest BCUT2D eigenvalue weighted by Crippen LogP contribution is 2.23. The summed E-state index contributed by atoms with van der Waals surface area (Å²) in [5.74, 6) is 1.77. The summed E-state index contributed by atoms with van der Waals surface area (Å²) in [7, 11) is 1.58. The molecule has 0 bridgehead atoms. The molecule has 0 unspecified atom stereocenters. The number of benzene rings is 1. The highest BCUT2D eigenvalue weighted by Gasteiger charge is 2.10. The van der Waals surface area contributed by atoms with Gasteiger partial charge in [0.2, 0.25) is 0 Å². The quantitative estimate of drug-likeness (QED) is 0.816. The van der Waals surface area contributed by atoms with Crippen molar-refractivity contribution in [2.24, 2.45) is 5.92 Å². The Morgan fingerprint density at radius 3 is 2.78 bits per heavy atom. The lowest BCUT2D eigenvalue weighted by Crippen LogP contribution is -2.14. The third-order valence-corrected chi connectivity index (χ3v) is 3.41. The maximum atomic E-state index is 12.4. The molecule has 1 amide bonds. The van der Waals surface area contributed by atoms with E-state index >= 15 is 0 Å². The van der Waals surface area contributed by atoms with Crippen LogP contribution in [-0.2, 0) is 0 Å². The summed E-state index contributed by atoms with van der Waals surface area (Å²) in [5.41, 5.74) is 1.20. The average Bonchev–Trinajstić information content (AvgIpc) is 2.55. The second-order valence-electron chi connectivity index (χ2n) is 5.69. The molecule has 23 heavy (non-hydrogen) atoms. The summed E-state index contributed by atoms with van der Waals surface area (Å²) >= 11 is 0. The average molecular weight is 313 g/mol. The van der Waals surface area contributed by atoms with Gasteiger partial charge in [0, 0.05) is 18.3 Å². The van der Waals surface area contributed by atoms with E-state index in [2.05, 4.69) is 29.5 Å². The third kappa shape index (κ3) is 4.98. The van der Waals surface area contributed by atoms with E-state index in [1.165, 1.54) is 0 Å². The van der Waals surface area contributed by atoms with Crippen molar-refractivity contribution in [2.45, 2.75) is 20.3 Å². The van der Waals surface area contributed by atoms with Crippen LogP contribution < -0.4 is 15.4 Å². The first kappa shape index (κ1) is 16.8. The van der Waals surface area contributed by atoms with Crippen molar-refractivity contribution in [3.05, 3.63) is 48.2 Å². The number of rotatable bonds is 7. The molecule has 5 heteroatoms. The molecule has 2 rings (SSSR count). The second-order valence-corrected chi connectivity index (χ2v) is 5.69. The number of nitrogens with one attached hydrogen (secondary N) is 2. The van der Waals surface area contributed by atoms with Crippen LogP contribution >= 0.6 is 0 Å². The second kappa shape index (κ2) is 8.17. The molecule has 0 radical (unpaired) electrons. The molecular formula is C18H23N3O2. The predicted octanol–water partition coefficient (Wildman–Crippen LogP) is 3.80. The van der Waals surface area contributed by atoms with E-state index in [9.17, 15) is 4.79 Å². The number of amides is 1. The van der Waals surface area contributed by atoms with Gasteiger partial charge >= 0.3 is 0 Å². The smallest absolute Gasteiger partial charge is 0.255 e. The molecule has 2 N–H and O–H groups in total. The largest absolute Gasteiger partial charge is 0.495 e. The van der Waals surface area contributed by atoms with Crippen molar-refractivity contribution < 1.29 is 9.53 Å². The fourth-order valence-corrected chi connectivity index (χ4v) is 2.10. The van der Waals surface area contributed by atoms with Gasteiger partial charge in [-0.25, -0.2) is 4.98 Å². The number of aromatic nitrogens is 1. The van der Waals surface area contributed by atoms with Crippen molar-refractivity contribution in [1.82, 2.24) is 4.98 Å². The van der Waals surface area contributed by atoms with E-state index in [0.29, 0.717) is 28.7 Å². The standard InChI is InChI=1S/C18H23N3O2/c1-13(2)8-10-19-17-12-14(9-11-20-17)18(22)21-15-6-4-5-7-16(15)23-3/h4-7,9,11-13H,8,10H2,1-3H3,(H,19,20)(H,21,22). The van der Waals surface area contributed by atoms with Crippen molar-refractivity contribution in [3.63, 3.8) is 0 Å². The lowest BCUT2D eigenvalue weighted by Gasteiger charge is -2.11. The number of hydrogen-bond donors (Lipinski definition) is 2. The van der Waals surface area contributed by atoms with E-state index in [4.69, 9.17) is 4.74 Å². The van der Waals surface area contributed by atoms with E-state index in [1.807, 2.05) is 12.1 Å². The first-order chi connectivity index (χ1) is 11.1. The molecular weight excluding hydrogens is 290 g/mol. The summed E-state index contributed by atoms with van der Waals surface area (Å²) in [6.07, 6.45) is 2.69. The molecule has 1 heterocycles. The number of carbonyl (C=O) groups excluding carboxylic acids is 1. The zero-order valence-corrected chi connectivity index (χ0v) is 13.8. The van der Waals surface area contributed by atoms with E-state index < -0.39 is 0 Å². The normalized spacial score (nSPS) is 10.4. The molecule has 0 aliphatic carbocycles. The molecule has 1 aromatic heterocycles. The molecule has 0 aliphatic heterocycles. The van der Waals surface area contributed by atoms with Crippen LogP contribution in [0, 0.1) is 5.92 Å². The minimum atomic E-state index is -0.191. The first-order valence-electron chi connectivity index (χ1n) is 7.74. The highest BCUT2D eigenvalue weighted by molar-refractivity contribution is 6.05. The van der Waals surface area contributed by atoms with E-state index in [0.717, 1.165) is 13.0 Å². The van der Waals surface area contributed by atoms with Gasteiger partial charge in [-0.1, -0.05) is 26.0 Å². The van der Waals surface area contributed by atoms with Gasteiger partial charge in [0.15, 0.2) is 0 Å². The van der Waals surface area contributed by atoms with Crippen LogP contribution in [0.2, 0.25) is 0 Å². The number of pyridine rings is 1. The summed E-state index contributed by atoms with van der Waals surface area (Å²) in [4.78, 5) is 16.6. The zero-order chi connectivity index (χ0) is 16.7. The molecule has 0 saturated carbocycles. The molecule has 1 aromatic carbocycles. The van der Waals surface area contributed by atoms with Crippen LogP contribution in [-0.4, -0.2) is 24.5 Å². The summed E-state index contributed by atoms with van der Waals surface area (Å²) in [5, 5.41) is 6.10. The minimum Gasteiger partial charge on any atom is -0.495 e. The fraction of sp³-hybridized carbons (Fsp3) is 0.333. The summed E-state index contributed by atoms with van der Waals surface area (Å²) < 4.78 is 5.24. The lowest BCUT2D eigenvalue weighted by atomic mass is 10.1. The number of nitrogens with zero attached hydrogens (tertiary/aromatic N) is 1. The molecule has 0 saturated heterocycles. The molecule has 0 fully saturated rings. The maximum Gasteiger partial charge on any atom is 0.255 e. The Morgan fingerprint density at radius 2 is 2.04 bits per heavy atom.